The van der Waals surface area contributed by atoms with Gasteiger partial charge < -0.3 is 4.74 Å². The zero-order valence-corrected chi connectivity index (χ0v) is 12.3. The first-order chi connectivity index (χ1) is 9.61. The van der Waals surface area contributed by atoms with Crippen LogP contribution in [0, 0.1) is 0 Å². The molecule has 0 heterocycles. The minimum absolute atomic E-state index is 0.0123. The fourth-order valence-corrected chi connectivity index (χ4v) is 3.04. The summed E-state index contributed by atoms with van der Waals surface area (Å²) in [5, 5.41) is 0.772. The molecule has 0 N–H and O–H groups in total. The number of halogens is 2. The molecule has 0 fully saturated rings. The van der Waals surface area contributed by atoms with Crippen molar-refractivity contribution in [3.8, 4) is 5.75 Å². The Morgan fingerprint density at radius 2 is 1.95 bits per heavy atom. The highest BCUT2D eigenvalue weighted by Crippen LogP contribution is 2.40. The molecule has 0 saturated carbocycles. The van der Waals surface area contributed by atoms with Crippen molar-refractivity contribution in [2.24, 2.45) is 0 Å². The molecule has 20 heavy (non-hydrogen) atoms. The van der Waals surface area contributed by atoms with Crippen LogP contribution in [0.1, 0.15) is 27.4 Å². The van der Waals surface area contributed by atoms with Gasteiger partial charge in [-0.1, -0.05) is 47.5 Å². The number of hydrogen-bond donors (Lipinski definition) is 0. The number of fused-ring (bicyclic) bond motifs is 1. The van der Waals surface area contributed by atoms with Crippen LogP contribution in [0.2, 0.25) is 10.0 Å². The van der Waals surface area contributed by atoms with Gasteiger partial charge in [0.1, 0.15) is 5.75 Å². The molecule has 1 unspecified atom stereocenters. The van der Waals surface area contributed by atoms with Gasteiger partial charge in [0.05, 0.1) is 23.1 Å². The van der Waals surface area contributed by atoms with Crippen molar-refractivity contribution in [1.82, 2.24) is 0 Å². The van der Waals surface area contributed by atoms with Crippen LogP contribution in [0.15, 0.2) is 36.4 Å². The third-order valence-corrected chi connectivity index (χ3v) is 4.29. The molecule has 4 heteroatoms. The SMILES string of the molecule is COc1cc(Cl)c(C(=O)C2Cc3ccccc32)cc1Cl. The summed E-state index contributed by atoms with van der Waals surface area (Å²) in [4.78, 5) is 12.6. The molecule has 2 aromatic carbocycles. The second kappa shape index (κ2) is 5.12. The number of benzene rings is 2. The Bertz CT molecular complexity index is 695. The second-order valence-electron chi connectivity index (χ2n) is 4.79. The third kappa shape index (κ3) is 2.09. The Hall–Kier alpha value is -1.51. The Morgan fingerprint density at radius 3 is 2.65 bits per heavy atom. The molecule has 1 aliphatic carbocycles. The molecule has 2 nitrogen and oxygen atoms in total. The van der Waals surface area contributed by atoms with Crippen LogP contribution < -0.4 is 4.74 Å². The molecule has 0 aromatic heterocycles. The van der Waals surface area contributed by atoms with Crippen LogP contribution in [0.25, 0.3) is 0 Å². The summed E-state index contributed by atoms with van der Waals surface area (Å²) in [6.45, 7) is 0. The molecule has 3 rings (SSSR count). The Labute approximate surface area is 127 Å². The van der Waals surface area contributed by atoms with Crippen LogP contribution in [0.5, 0.6) is 5.75 Å². The largest absolute Gasteiger partial charge is 0.495 e. The van der Waals surface area contributed by atoms with Gasteiger partial charge in [-0.2, -0.15) is 0 Å². The number of hydrogen-bond acceptors (Lipinski definition) is 2. The van der Waals surface area contributed by atoms with Crippen LogP contribution in [0.4, 0.5) is 0 Å². The third-order valence-electron chi connectivity index (χ3n) is 3.68. The van der Waals surface area contributed by atoms with E-state index in [0.29, 0.717) is 21.4 Å². The molecule has 0 aliphatic heterocycles. The van der Waals surface area contributed by atoms with Gasteiger partial charge >= 0.3 is 0 Å². The first kappa shape index (κ1) is 13.5. The van der Waals surface area contributed by atoms with Gasteiger partial charge in [-0.15, -0.1) is 0 Å². The molecular weight excluding hydrogens is 295 g/mol. The summed E-state index contributed by atoms with van der Waals surface area (Å²) >= 11 is 12.2. The minimum atomic E-state index is -0.117. The lowest BCUT2D eigenvalue weighted by molar-refractivity contribution is 0.0949. The number of ketones is 1. The van der Waals surface area contributed by atoms with Gasteiger partial charge in [0, 0.05) is 11.6 Å². The summed E-state index contributed by atoms with van der Waals surface area (Å²) in [5.41, 5.74) is 2.76. The first-order valence-corrected chi connectivity index (χ1v) is 7.02. The number of ether oxygens (including phenoxy) is 1. The van der Waals surface area contributed by atoms with E-state index >= 15 is 0 Å². The normalized spacial score (nSPS) is 16.2. The standard InChI is InChI=1S/C16H12Cl2O2/c1-20-15-8-13(17)12(7-14(15)18)16(19)11-6-9-4-2-3-5-10(9)11/h2-5,7-8,11H,6H2,1H3. The van der Waals surface area contributed by atoms with Gasteiger partial charge in [0.15, 0.2) is 5.78 Å². The molecule has 102 valence electrons. The lowest BCUT2D eigenvalue weighted by Crippen LogP contribution is -2.25. The predicted octanol–water partition coefficient (Wildman–Crippen LogP) is 4.52. The van der Waals surface area contributed by atoms with E-state index in [1.54, 1.807) is 12.1 Å². The van der Waals surface area contributed by atoms with Crippen LogP contribution in [-0.2, 0) is 6.42 Å². The molecule has 0 spiro atoms. The van der Waals surface area contributed by atoms with E-state index in [-0.39, 0.29) is 11.7 Å². The molecule has 0 saturated heterocycles. The Morgan fingerprint density at radius 1 is 1.20 bits per heavy atom. The quantitative estimate of drug-likeness (QED) is 0.779. The monoisotopic (exact) mass is 306 g/mol. The molecule has 0 bridgehead atoms. The number of carbonyl (C=O) groups excluding carboxylic acids is 1. The van der Waals surface area contributed by atoms with Crippen LogP contribution in [0.3, 0.4) is 0 Å². The van der Waals surface area contributed by atoms with Gasteiger partial charge in [-0.25, -0.2) is 0 Å². The van der Waals surface area contributed by atoms with Crippen molar-refractivity contribution < 1.29 is 9.53 Å². The van der Waals surface area contributed by atoms with Crippen molar-refractivity contribution in [3.05, 3.63) is 63.1 Å². The van der Waals surface area contributed by atoms with Crippen molar-refractivity contribution in [2.75, 3.05) is 7.11 Å². The highest BCUT2D eigenvalue weighted by molar-refractivity contribution is 6.37. The van der Waals surface area contributed by atoms with E-state index in [9.17, 15) is 4.79 Å². The zero-order valence-electron chi connectivity index (χ0n) is 10.8. The number of carbonyl (C=O) groups is 1. The molecule has 0 amide bonds. The summed E-state index contributed by atoms with van der Waals surface area (Å²) in [6, 6.07) is 11.1. The molecule has 1 atom stereocenters. The summed E-state index contributed by atoms with van der Waals surface area (Å²) in [6.07, 6.45) is 0.759. The highest BCUT2D eigenvalue weighted by Gasteiger charge is 2.33. The fraction of sp³-hybridized carbons (Fsp3) is 0.188. The van der Waals surface area contributed by atoms with E-state index in [0.717, 1.165) is 12.0 Å². The minimum Gasteiger partial charge on any atom is -0.495 e. The van der Waals surface area contributed by atoms with E-state index in [4.69, 9.17) is 27.9 Å². The topological polar surface area (TPSA) is 26.3 Å². The fourth-order valence-electron chi connectivity index (χ4n) is 2.55. The lowest BCUT2D eigenvalue weighted by Gasteiger charge is -2.29. The average molecular weight is 307 g/mol. The molecular formula is C16H12Cl2O2. The maximum Gasteiger partial charge on any atom is 0.172 e. The van der Waals surface area contributed by atoms with E-state index in [1.807, 2.05) is 24.3 Å². The molecule has 1 aliphatic rings. The summed E-state index contributed by atoms with van der Waals surface area (Å²) < 4.78 is 5.09. The van der Waals surface area contributed by atoms with Crippen molar-refractivity contribution in [2.45, 2.75) is 12.3 Å². The average Bonchev–Trinajstić information content (AvgIpc) is 2.42. The lowest BCUT2D eigenvalue weighted by atomic mass is 9.74. The molecule has 2 aromatic rings. The van der Waals surface area contributed by atoms with E-state index < -0.39 is 0 Å². The van der Waals surface area contributed by atoms with E-state index in [2.05, 4.69) is 0 Å². The number of Topliss-reactive ketones (excluding diaryl/α,β-unsaturated/α-hetero) is 1. The van der Waals surface area contributed by atoms with Gasteiger partial charge in [0.25, 0.3) is 0 Å². The number of methoxy groups -OCH3 is 1. The van der Waals surface area contributed by atoms with Gasteiger partial charge in [0.2, 0.25) is 0 Å². The number of rotatable bonds is 3. The molecule has 0 radical (unpaired) electrons. The Balaban J connectivity index is 1.95. The zero-order chi connectivity index (χ0) is 14.3. The van der Waals surface area contributed by atoms with Gasteiger partial charge in [-0.05, 0) is 23.6 Å². The predicted molar refractivity (Wildman–Crippen MR) is 80.2 cm³/mol. The van der Waals surface area contributed by atoms with Crippen molar-refractivity contribution in [1.29, 1.82) is 0 Å². The highest BCUT2D eigenvalue weighted by atomic mass is 35.5. The van der Waals surface area contributed by atoms with Crippen molar-refractivity contribution >= 4 is 29.0 Å². The second-order valence-corrected chi connectivity index (χ2v) is 5.60. The smallest absolute Gasteiger partial charge is 0.172 e. The Kier molecular flexibility index (Phi) is 3.45. The summed E-state index contributed by atoms with van der Waals surface area (Å²) in [7, 11) is 1.52. The van der Waals surface area contributed by atoms with Gasteiger partial charge in [-0.3, -0.25) is 4.79 Å². The first-order valence-electron chi connectivity index (χ1n) is 6.27. The maximum atomic E-state index is 12.6. The van der Waals surface area contributed by atoms with Crippen molar-refractivity contribution in [3.63, 3.8) is 0 Å². The maximum absolute atomic E-state index is 12.6. The van der Waals surface area contributed by atoms with Crippen LogP contribution in [-0.4, -0.2) is 12.9 Å². The summed E-state index contributed by atoms with van der Waals surface area (Å²) in [5.74, 6) is 0.369. The van der Waals surface area contributed by atoms with Crippen LogP contribution >= 0.6 is 23.2 Å². The van der Waals surface area contributed by atoms with E-state index in [1.165, 1.54) is 12.7 Å².